The molecule has 0 N–H and O–H groups in total. The van der Waals surface area contributed by atoms with E-state index in [-0.39, 0.29) is 0 Å². The normalized spacial score (nSPS) is 12.2. The van der Waals surface area contributed by atoms with Crippen LogP contribution in [0.1, 0.15) is 57.3 Å². The number of hydrogen-bond acceptors (Lipinski definition) is 1. The Bertz CT molecular complexity index is 2270. The Hall–Kier alpha value is -6.44. The average molecular weight is 682 g/mol. The van der Waals surface area contributed by atoms with Gasteiger partial charge in [0.25, 0.3) is 0 Å². The molecule has 0 radical (unpaired) electrons. The van der Waals surface area contributed by atoms with E-state index in [0.29, 0.717) is 0 Å². The predicted octanol–water partition coefficient (Wildman–Crippen LogP) is 13.8. The lowest BCUT2D eigenvalue weighted by atomic mass is 9.91. The molecule has 1 heteroatoms. The van der Waals surface area contributed by atoms with Gasteiger partial charge in [-0.25, -0.2) is 0 Å². The summed E-state index contributed by atoms with van der Waals surface area (Å²) >= 11 is 0. The number of allylic oxidation sites excluding steroid dienone is 2. The largest absolute Gasteiger partial charge is 0.310 e. The van der Waals surface area contributed by atoms with Gasteiger partial charge in [0.05, 0.1) is 0 Å². The Morgan fingerprint density at radius 3 is 1.49 bits per heavy atom. The van der Waals surface area contributed by atoms with E-state index in [1.165, 1.54) is 69.5 Å². The second-order valence-corrected chi connectivity index (χ2v) is 13.6. The number of rotatable bonds is 10. The molecular weight excluding hydrogens is 639 g/mol. The van der Waals surface area contributed by atoms with Crippen molar-refractivity contribution in [2.45, 2.75) is 25.7 Å². The molecule has 0 fully saturated rings. The van der Waals surface area contributed by atoms with Gasteiger partial charge in [0.15, 0.2) is 0 Å². The summed E-state index contributed by atoms with van der Waals surface area (Å²) in [7, 11) is 0. The molecule has 7 aromatic rings. The first-order valence-electron chi connectivity index (χ1n) is 18.7. The molecule has 0 atom stereocenters. The van der Waals surface area contributed by atoms with Gasteiger partial charge < -0.3 is 4.90 Å². The second kappa shape index (κ2) is 16.3. The standard InChI is InChI=1S/C52H43N/c1-5-20-43(21-6-1)51(44-22-7-2-8-23-44)30-16-18-40-17-15-29-49(37-40)53(50-36-33-42-19-13-14-28-47(42)39-50)48-34-31-41(32-35-48)38-52(45-24-9-3-10-25-45)46-26-11-4-12-27-46/h1-12,15-18,20-27,29-39H,13-14,19,28H2. The molecule has 1 aliphatic carbocycles. The van der Waals surface area contributed by atoms with E-state index in [4.69, 9.17) is 0 Å². The lowest BCUT2D eigenvalue weighted by molar-refractivity contribution is 0.685. The number of aryl methyl sites for hydroxylation is 2. The van der Waals surface area contributed by atoms with Gasteiger partial charge in [-0.15, -0.1) is 0 Å². The van der Waals surface area contributed by atoms with Gasteiger partial charge in [-0.05, 0) is 124 Å². The SMILES string of the molecule is C(=Cc1cccc(N(c2ccc(C=C(c3ccccc3)c3ccccc3)cc2)c2ccc3c(c2)CCCC3)c1)C=C(c1ccccc1)c1ccccc1. The highest BCUT2D eigenvalue weighted by Gasteiger charge is 2.17. The van der Waals surface area contributed by atoms with Gasteiger partial charge in [-0.3, -0.25) is 0 Å². The molecule has 0 heterocycles. The number of benzene rings is 7. The predicted molar refractivity (Wildman–Crippen MR) is 227 cm³/mol. The highest BCUT2D eigenvalue weighted by molar-refractivity contribution is 5.92. The van der Waals surface area contributed by atoms with E-state index in [2.05, 4.69) is 217 Å². The Morgan fingerprint density at radius 1 is 0.396 bits per heavy atom. The van der Waals surface area contributed by atoms with Crippen molar-refractivity contribution in [3.8, 4) is 0 Å². The van der Waals surface area contributed by atoms with Gasteiger partial charge in [0.1, 0.15) is 0 Å². The van der Waals surface area contributed by atoms with Crippen LogP contribution in [0.5, 0.6) is 0 Å². The van der Waals surface area contributed by atoms with Crippen LogP contribution in [0.25, 0.3) is 23.3 Å². The van der Waals surface area contributed by atoms with Crippen molar-refractivity contribution >= 4 is 40.4 Å². The zero-order chi connectivity index (χ0) is 35.7. The van der Waals surface area contributed by atoms with E-state index in [1.807, 2.05) is 0 Å². The monoisotopic (exact) mass is 681 g/mol. The van der Waals surface area contributed by atoms with Crippen LogP contribution in [0, 0.1) is 0 Å². The van der Waals surface area contributed by atoms with Crippen molar-refractivity contribution in [3.63, 3.8) is 0 Å². The zero-order valence-electron chi connectivity index (χ0n) is 30.0. The lowest BCUT2D eigenvalue weighted by Gasteiger charge is -2.28. The fraction of sp³-hybridized carbons (Fsp3) is 0.0769. The van der Waals surface area contributed by atoms with E-state index < -0.39 is 0 Å². The summed E-state index contributed by atoms with van der Waals surface area (Å²) in [6.07, 6.45) is 13.8. The molecule has 53 heavy (non-hydrogen) atoms. The molecule has 0 bridgehead atoms. The third-order valence-corrected chi connectivity index (χ3v) is 10.1. The molecule has 1 aliphatic rings. The van der Waals surface area contributed by atoms with Crippen LogP contribution in [0.4, 0.5) is 17.1 Å². The quantitative estimate of drug-likeness (QED) is 0.103. The number of hydrogen-bond donors (Lipinski definition) is 0. The molecule has 7 aromatic carbocycles. The maximum absolute atomic E-state index is 2.42. The van der Waals surface area contributed by atoms with Crippen LogP contribution in [-0.4, -0.2) is 0 Å². The molecule has 0 aromatic heterocycles. The Labute approximate surface area is 314 Å². The maximum atomic E-state index is 2.42. The average Bonchev–Trinajstić information content (AvgIpc) is 3.23. The lowest BCUT2D eigenvalue weighted by Crippen LogP contribution is -2.12. The zero-order valence-corrected chi connectivity index (χ0v) is 30.0. The summed E-state index contributed by atoms with van der Waals surface area (Å²) in [5.74, 6) is 0. The summed E-state index contributed by atoms with van der Waals surface area (Å²) < 4.78 is 0. The van der Waals surface area contributed by atoms with E-state index in [0.717, 1.165) is 28.9 Å². The molecule has 256 valence electrons. The van der Waals surface area contributed by atoms with E-state index in [1.54, 1.807) is 0 Å². The van der Waals surface area contributed by atoms with Crippen molar-refractivity contribution in [3.05, 3.63) is 245 Å². The van der Waals surface area contributed by atoms with Crippen molar-refractivity contribution < 1.29 is 0 Å². The van der Waals surface area contributed by atoms with Crippen molar-refractivity contribution in [1.29, 1.82) is 0 Å². The molecule has 0 saturated heterocycles. The summed E-state index contributed by atoms with van der Waals surface area (Å²) in [5, 5.41) is 0. The van der Waals surface area contributed by atoms with Crippen LogP contribution in [0.2, 0.25) is 0 Å². The molecule has 0 spiro atoms. The van der Waals surface area contributed by atoms with Crippen molar-refractivity contribution in [2.75, 3.05) is 4.90 Å². The third kappa shape index (κ3) is 8.06. The first-order chi connectivity index (χ1) is 26.3. The third-order valence-electron chi connectivity index (χ3n) is 10.1. The second-order valence-electron chi connectivity index (χ2n) is 13.6. The molecular formula is C52H43N. The molecule has 0 aliphatic heterocycles. The first kappa shape index (κ1) is 33.7. The highest BCUT2D eigenvalue weighted by Crippen LogP contribution is 2.38. The summed E-state index contributed by atoms with van der Waals surface area (Å²) in [6, 6.07) is 67.5. The minimum Gasteiger partial charge on any atom is -0.310 e. The van der Waals surface area contributed by atoms with Gasteiger partial charge in [0.2, 0.25) is 0 Å². The number of nitrogens with zero attached hydrogens (tertiary/aromatic N) is 1. The summed E-state index contributed by atoms with van der Waals surface area (Å²) in [5.41, 5.74) is 16.0. The molecule has 0 saturated carbocycles. The fourth-order valence-corrected chi connectivity index (χ4v) is 7.38. The highest BCUT2D eigenvalue weighted by atomic mass is 15.1. The Morgan fingerprint density at radius 2 is 0.906 bits per heavy atom. The summed E-state index contributed by atoms with van der Waals surface area (Å²) in [4.78, 5) is 2.41. The van der Waals surface area contributed by atoms with Crippen LogP contribution in [0.15, 0.2) is 200 Å². The Kier molecular flexibility index (Phi) is 10.3. The van der Waals surface area contributed by atoms with Crippen molar-refractivity contribution in [1.82, 2.24) is 0 Å². The number of fused-ring (bicyclic) bond motifs is 1. The Balaban J connectivity index is 1.16. The molecule has 8 rings (SSSR count). The summed E-state index contributed by atoms with van der Waals surface area (Å²) in [6.45, 7) is 0. The fourth-order valence-electron chi connectivity index (χ4n) is 7.38. The molecule has 1 nitrogen and oxygen atoms in total. The van der Waals surface area contributed by atoms with E-state index in [9.17, 15) is 0 Å². The molecule has 0 amide bonds. The van der Waals surface area contributed by atoms with Crippen molar-refractivity contribution in [2.24, 2.45) is 0 Å². The van der Waals surface area contributed by atoms with E-state index >= 15 is 0 Å². The van der Waals surface area contributed by atoms with Crippen LogP contribution in [-0.2, 0) is 12.8 Å². The van der Waals surface area contributed by atoms with Crippen LogP contribution < -0.4 is 4.90 Å². The van der Waals surface area contributed by atoms with Crippen LogP contribution in [0.3, 0.4) is 0 Å². The van der Waals surface area contributed by atoms with Gasteiger partial charge >= 0.3 is 0 Å². The minimum absolute atomic E-state index is 1.13. The maximum Gasteiger partial charge on any atom is 0.0467 e. The molecule has 0 unspecified atom stereocenters. The van der Waals surface area contributed by atoms with Gasteiger partial charge in [0, 0.05) is 17.1 Å². The van der Waals surface area contributed by atoms with Crippen LogP contribution >= 0.6 is 0 Å². The smallest absolute Gasteiger partial charge is 0.0467 e. The van der Waals surface area contributed by atoms with Gasteiger partial charge in [-0.1, -0.05) is 170 Å². The topological polar surface area (TPSA) is 3.24 Å². The number of anilines is 3. The minimum atomic E-state index is 1.13. The van der Waals surface area contributed by atoms with Gasteiger partial charge in [-0.2, -0.15) is 0 Å². The first-order valence-corrected chi connectivity index (χ1v) is 18.7.